The van der Waals surface area contributed by atoms with E-state index in [1.165, 1.54) is 12.1 Å². The fourth-order valence-electron chi connectivity index (χ4n) is 1.63. The molecule has 5 heteroatoms. The van der Waals surface area contributed by atoms with E-state index in [2.05, 4.69) is 6.58 Å². The highest BCUT2D eigenvalue weighted by Gasteiger charge is 2.16. The molecule has 0 bridgehead atoms. The maximum Gasteiger partial charge on any atom is 0.339 e. The molecule has 0 heterocycles. The van der Waals surface area contributed by atoms with Crippen LogP contribution in [0.15, 0.2) is 66.1 Å². The molecule has 0 fully saturated rings. The van der Waals surface area contributed by atoms with Crippen molar-refractivity contribution in [3.63, 3.8) is 0 Å². The number of hydrogen-bond donors (Lipinski definition) is 0. The van der Waals surface area contributed by atoms with Crippen molar-refractivity contribution in [3.8, 4) is 11.5 Å². The van der Waals surface area contributed by atoms with Gasteiger partial charge in [-0.2, -0.15) is 8.42 Å². The van der Waals surface area contributed by atoms with E-state index < -0.39 is 10.1 Å². The highest BCUT2D eigenvalue weighted by atomic mass is 32.2. The van der Waals surface area contributed by atoms with Crippen LogP contribution in [0, 0.1) is 6.92 Å². The SMILES string of the molecule is C=CCOc1ccc(OS(=O)(=O)c2ccc(C)cc2)cc1. The molecule has 2 rings (SSSR count). The summed E-state index contributed by atoms with van der Waals surface area (Å²) in [6.45, 7) is 5.83. The standard InChI is InChI=1S/C16H16O4S/c1-3-12-19-14-6-8-15(9-7-14)20-21(17,18)16-10-4-13(2)5-11-16/h3-11H,1,12H2,2H3. The second kappa shape index (κ2) is 6.45. The molecule has 2 aromatic carbocycles. The summed E-state index contributed by atoms with van der Waals surface area (Å²) in [5.41, 5.74) is 0.984. The van der Waals surface area contributed by atoms with Crippen LogP contribution in [0.3, 0.4) is 0 Å². The molecule has 0 saturated carbocycles. The monoisotopic (exact) mass is 304 g/mol. The molecule has 4 nitrogen and oxygen atoms in total. The molecule has 0 N–H and O–H groups in total. The molecule has 2 aromatic rings. The van der Waals surface area contributed by atoms with Crippen molar-refractivity contribution in [1.29, 1.82) is 0 Å². The Balaban J connectivity index is 2.13. The molecule has 110 valence electrons. The zero-order valence-electron chi connectivity index (χ0n) is 11.7. The molecule has 0 atom stereocenters. The average molecular weight is 304 g/mol. The third kappa shape index (κ3) is 4.10. The van der Waals surface area contributed by atoms with Gasteiger partial charge >= 0.3 is 10.1 Å². The normalized spacial score (nSPS) is 10.9. The number of hydrogen-bond acceptors (Lipinski definition) is 4. The van der Waals surface area contributed by atoms with E-state index in [1.54, 1.807) is 42.5 Å². The molecule has 0 aliphatic carbocycles. The van der Waals surface area contributed by atoms with Crippen LogP contribution >= 0.6 is 0 Å². The third-order valence-corrected chi connectivity index (χ3v) is 3.97. The number of ether oxygens (including phenoxy) is 1. The summed E-state index contributed by atoms with van der Waals surface area (Å²) in [6, 6.07) is 12.9. The van der Waals surface area contributed by atoms with Gasteiger partial charge in [0.1, 0.15) is 23.0 Å². The second-order valence-electron chi connectivity index (χ2n) is 4.42. The van der Waals surface area contributed by atoms with Crippen LogP contribution in [0.4, 0.5) is 0 Å². The summed E-state index contributed by atoms with van der Waals surface area (Å²) in [6.07, 6.45) is 1.63. The summed E-state index contributed by atoms with van der Waals surface area (Å²) in [7, 11) is -3.82. The Morgan fingerprint density at radius 2 is 1.57 bits per heavy atom. The third-order valence-electron chi connectivity index (χ3n) is 2.71. The van der Waals surface area contributed by atoms with Gasteiger partial charge in [0, 0.05) is 0 Å². The maximum absolute atomic E-state index is 12.1. The Labute approximate surface area is 124 Å². The Morgan fingerprint density at radius 1 is 1.00 bits per heavy atom. The predicted octanol–water partition coefficient (Wildman–Crippen LogP) is 3.33. The van der Waals surface area contributed by atoms with Gasteiger partial charge in [-0.15, -0.1) is 0 Å². The van der Waals surface area contributed by atoms with Gasteiger partial charge in [-0.3, -0.25) is 0 Å². The molecule has 0 spiro atoms. The van der Waals surface area contributed by atoms with Crippen molar-refractivity contribution < 1.29 is 17.3 Å². The van der Waals surface area contributed by atoms with Gasteiger partial charge in [0.15, 0.2) is 0 Å². The largest absolute Gasteiger partial charge is 0.490 e. The van der Waals surface area contributed by atoms with Gasteiger partial charge in [-0.25, -0.2) is 0 Å². The van der Waals surface area contributed by atoms with Gasteiger partial charge in [0.2, 0.25) is 0 Å². The molecule has 0 aromatic heterocycles. The first kappa shape index (κ1) is 15.1. The Bertz CT molecular complexity index is 701. The van der Waals surface area contributed by atoms with Gasteiger partial charge in [0.25, 0.3) is 0 Å². The molecule has 0 unspecified atom stereocenters. The van der Waals surface area contributed by atoms with E-state index in [0.29, 0.717) is 12.4 Å². The smallest absolute Gasteiger partial charge is 0.339 e. The fourth-order valence-corrected chi connectivity index (χ4v) is 2.56. The first-order valence-corrected chi connectivity index (χ1v) is 7.77. The minimum absolute atomic E-state index is 0.125. The van der Waals surface area contributed by atoms with Crippen LogP contribution in [-0.2, 0) is 10.1 Å². The van der Waals surface area contributed by atoms with Crippen LogP contribution in [0.2, 0.25) is 0 Å². The Hall–Kier alpha value is -2.27. The van der Waals surface area contributed by atoms with Crippen LogP contribution < -0.4 is 8.92 Å². The van der Waals surface area contributed by atoms with E-state index in [4.69, 9.17) is 8.92 Å². The molecule has 0 aliphatic rings. The van der Waals surface area contributed by atoms with Crippen molar-refractivity contribution in [2.24, 2.45) is 0 Å². The van der Waals surface area contributed by atoms with E-state index >= 15 is 0 Å². The zero-order chi connectivity index (χ0) is 15.3. The first-order valence-electron chi connectivity index (χ1n) is 6.36. The van der Waals surface area contributed by atoms with E-state index in [0.717, 1.165) is 5.56 Å². The lowest BCUT2D eigenvalue weighted by Gasteiger charge is -2.08. The first-order chi connectivity index (χ1) is 10.0. The molecular weight excluding hydrogens is 288 g/mol. The molecule has 0 saturated heterocycles. The highest BCUT2D eigenvalue weighted by molar-refractivity contribution is 7.87. The second-order valence-corrected chi connectivity index (χ2v) is 5.97. The number of benzene rings is 2. The van der Waals surface area contributed by atoms with Crippen molar-refractivity contribution in [3.05, 3.63) is 66.7 Å². The van der Waals surface area contributed by atoms with Crippen molar-refractivity contribution in [2.45, 2.75) is 11.8 Å². The predicted molar refractivity (Wildman–Crippen MR) is 81.1 cm³/mol. The number of aryl methyl sites for hydroxylation is 1. The molecule has 0 amide bonds. The minimum Gasteiger partial charge on any atom is -0.490 e. The van der Waals surface area contributed by atoms with Crippen molar-refractivity contribution >= 4 is 10.1 Å². The summed E-state index contributed by atoms with van der Waals surface area (Å²) < 4.78 is 34.6. The zero-order valence-corrected chi connectivity index (χ0v) is 12.5. The highest BCUT2D eigenvalue weighted by Crippen LogP contribution is 2.22. The van der Waals surface area contributed by atoms with Crippen LogP contribution in [-0.4, -0.2) is 15.0 Å². The van der Waals surface area contributed by atoms with E-state index in [-0.39, 0.29) is 10.6 Å². The maximum atomic E-state index is 12.1. The number of rotatable bonds is 6. The lowest BCUT2D eigenvalue weighted by atomic mass is 10.2. The fraction of sp³-hybridized carbons (Fsp3) is 0.125. The van der Waals surface area contributed by atoms with Crippen molar-refractivity contribution in [1.82, 2.24) is 0 Å². The quantitative estimate of drug-likeness (QED) is 0.607. The van der Waals surface area contributed by atoms with Gasteiger partial charge in [0.05, 0.1) is 0 Å². The summed E-state index contributed by atoms with van der Waals surface area (Å²) >= 11 is 0. The summed E-state index contributed by atoms with van der Waals surface area (Å²) in [5.74, 6) is 0.858. The lowest BCUT2D eigenvalue weighted by Crippen LogP contribution is -2.09. The molecule has 0 radical (unpaired) electrons. The van der Waals surface area contributed by atoms with Crippen molar-refractivity contribution in [2.75, 3.05) is 6.61 Å². The van der Waals surface area contributed by atoms with Crippen LogP contribution in [0.5, 0.6) is 11.5 Å². The van der Waals surface area contributed by atoms with Gasteiger partial charge < -0.3 is 8.92 Å². The Kier molecular flexibility index (Phi) is 4.65. The molecule has 0 aliphatic heterocycles. The van der Waals surface area contributed by atoms with Gasteiger partial charge in [-0.1, -0.05) is 30.4 Å². The molecular formula is C16H16O4S. The topological polar surface area (TPSA) is 52.6 Å². The summed E-state index contributed by atoms with van der Waals surface area (Å²) in [4.78, 5) is 0.125. The summed E-state index contributed by atoms with van der Waals surface area (Å²) in [5, 5.41) is 0. The van der Waals surface area contributed by atoms with Gasteiger partial charge in [-0.05, 0) is 43.3 Å². The van der Waals surface area contributed by atoms with Crippen LogP contribution in [0.1, 0.15) is 5.56 Å². The Morgan fingerprint density at radius 3 is 2.14 bits per heavy atom. The van der Waals surface area contributed by atoms with Crippen LogP contribution in [0.25, 0.3) is 0 Å². The average Bonchev–Trinajstić information content (AvgIpc) is 2.47. The van der Waals surface area contributed by atoms with E-state index in [9.17, 15) is 8.42 Å². The lowest BCUT2D eigenvalue weighted by molar-refractivity contribution is 0.362. The minimum atomic E-state index is -3.82. The van der Waals surface area contributed by atoms with E-state index in [1.807, 2.05) is 6.92 Å². The molecule has 21 heavy (non-hydrogen) atoms.